The second-order valence-electron chi connectivity index (χ2n) is 3.17. The molecule has 1 aromatic carbocycles. The van der Waals surface area contributed by atoms with Crippen LogP contribution >= 0.6 is 0 Å². The molecule has 1 heterocycles. The van der Waals surface area contributed by atoms with Gasteiger partial charge in [-0.3, -0.25) is 4.79 Å². The Balaban J connectivity index is 2.44. The first-order chi connectivity index (χ1) is 6.68. The molecule has 14 heavy (non-hydrogen) atoms. The van der Waals surface area contributed by atoms with Crippen molar-refractivity contribution in [2.45, 2.75) is 6.92 Å². The predicted octanol–water partition coefficient (Wildman–Crippen LogP) is 1.14. The number of fused-ring (bicyclic) bond motifs is 1. The summed E-state index contributed by atoms with van der Waals surface area (Å²) in [5.41, 5.74) is 0.724. The number of benzene rings is 1. The molecule has 0 bridgehead atoms. The topological polar surface area (TPSA) is 49.8 Å². The third-order valence-corrected chi connectivity index (χ3v) is 2.19. The zero-order valence-corrected chi connectivity index (χ0v) is 7.86. The van der Waals surface area contributed by atoms with E-state index in [2.05, 4.69) is 0 Å². The molecule has 4 heteroatoms. The molecular formula is C10H11NO3. The molecular weight excluding hydrogens is 182 g/mol. The summed E-state index contributed by atoms with van der Waals surface area (Å²) in [5, 5.41) is 9.23. The van der Waals surface area contributed by atoms with Crippen molar-refractivity contribution in [3.05, 3.63) is 18.2 Å². The Labute approximate surface area is 81.7 Å². The number of hydrogen-bond donors (Lipinski definition) is 1. The number of nitrogens with zero attached hydrogens (tertiary/aromatic N) is 1. The van der Waals surface area contributed by atoms with Crippen molar-refractivity contribution in [3.8, 4) is 11.5 Å². The van der Waals surface area contributed by atoms with Gasteiger partial charge >= 0.3 is 0 Å². The summed E-state index contributed by atoms with van der Waals surface area (Å²) < 4.78 is 5.33. The van der Waals surface area contributed by atoms with Crippen molar-refractivity contribution in [1.29, 1.82) is 0 Å². The number of hydrogen-bond acceptors (Lipinski definition) is 3. The van der Waals surface area contributed by atoms with Crippen LogP contribution in [0.3, 0.4) is 0 Å². The van der Waals surface area contributed by atoms with Crippen molar-refractivity contribution in [1.82, 2.24) is 0 Å². The fraction of sp³-hybridized carbons (Fsp3) is 0.300. The zero-order valence-electron chi connectivity index (χ0n) is 7.86. The monoisotopic (exact) mass is 193 g/mol. The first-order valence-electron chi connectivity index (χ1n) is 4.42. The summed E-state index contributed by atoms with van der Waals surface area (Å²) in [6.45, 7) is 2.55. The lowest BCUT2D eigenvalue weighted by Crippen LogP contribution is -2.36. The van der Waals surface area contributed by atoms with Crippen LogP contribution in [0.4, 0.5) is 5.69 Å². The molecule has 4 nitrogen and oxygen atoms in total. The average Bonchev–Trinajstić information content (AvgIpc) is 2.16. The summed E-state index contributed by atoms with van der Waals surface area (Å²) >= 11 is 0. The SMILES string of the molecule is CC(=O)N1CCOc2cc(O)ccc21. The maximum absolute atomic E-state index is 11.3. The lowest BCUT2D eigenvalue weighted by Gasteiger charge is -2.28. The Morgan fingerprint density at radius 2 is 2.36 bits per heavy atom. The zero-order chi connectivity index (χ0) is 10.1. The van der Waals surface area contributed by atoms with E-state index in [-0.39, 0.29) is 11.7 Å². The van der Waals surface area contributed by atoms with Gasteiger partial charge in [0.05, 0.1) is 12.2 Å². The maximum Gasteiger partial charge on any atom is 0.224 e. The van der Waals surface area contributed by atoms with Gasteiger partial charge in [0.2, 0.25) is 5.91 Å². The highest BCUT2D eigenvalue weighted by molar-refractivity contribution is 5.93. The second kappa shape index (κ2) is 3.21. The molecule has 2 rings (SSSR count). The predicted molar refractivity (Wildman–Crippen MR) is 51.6 cm³/mol. The molecule has 0 fully saturated rings. The van der Waals surface area contributed by atoms with Gasteiger partial charge in [0.1, 0.15) is 18.1 Å². The summed E-state index contributed by atoms with van der Waals surface area (Å²) in [6.07, 6.45) is 0. The van der Waals surface area contributed by atoms with E-state index < -0.39 is 0 Å². The first kappa shape index (κ1) is 8.87. The lowest BCUT2D eigenvalue weighted by molar-refractivity contribution is -0.116. The number of rotatable bonds is 0. The van der Waals surface area contributed by atoms with E-state index in [9.17, 15) is 9.90 Å². The third-order valence-electron chi connectivity index (χ3n) is 2.19. The van der Waals surface area contributed by atoms with Gasteiger partial charge in [-0.15, -0.1) is 0 Å². The van der Waals surface area contributed by atoms with Crippen LogP contribution in [0.5, 0.6) is 11.5 Å². The van der Waals surface area contributed by atoms with Gasteiger partial charge in [-0.1, -0.05) is 0 Å². The van der Waals surface area contributed by atoms with Gasteiger partial charge in [-0.2, -0.15) is 0 Å². The Bertz CT molecular complexity index is 376. The maximum atomic E-state index is 11.3. The molecule has 0 atom stereocenters. The van der Waals surface area contributed by atoms with Gasteiger partial charge in [-0.25, -0.2) is 0 Å². The molecule has 0 radical (unpaired) electrons. The highest BCUT2D eigenvalue weighted by Gasteiger charge is 2.20. The molecule has 1 N–H and O–H groups in total. The van der Waals surface area contributed by atoms with Gasteiger partial charge < -0.3 is 14.7 Å². The minimum absolute atomic E-state index is 0.0137. The summed E-state index contributed by atoms with van der Waals surface area (Å²) in [6, 6.07) is 4.75. The molecule has 0 saturated carbocycles. The Kier molecular flexibility index (Phi) is 2.04. The molecule has 1 aliphatic rings. The van der Waals surface area contributed by atoms with Crippen LogP contribution in [0.15, 0.2) is 18.2 Å². The van der Waals surface area contributed by atoms with E-state index in [1.54, 1.807) is 17.0 Å². The minimum atomic E-state index is -0.0137. The van der Waals surface area contributed by atoms with E-state index in [0.29, 0.717) is 18.9 Å². The number of carbonyl (C=O) groups excluding carboxylic acids is 1. The summed E-state index contributed by atoms with van der Waals surface area (Å²) in [4.78, 5) is 12.9. The molecule has 0 aromatic heterocycles. The van der Waals surface area contributed by atoms with Crippen LogP contribution < -0.4 is 9.64 Å². The normalized spacial score (nSPS) is 14.5. The molecule has 0 spiro atoms. The summed E-state index contributed by atoms with van der Waals surface area (Å²) in [5.74, 6) is 0.695. The quantitative estimate of drug-likeness (QED) is 0.672. The van der Waals surface area contributed by atoms with Crippen LogP contribution in [-0.4, -0.2) is 24.2 Å². The van der Waals surface area contributed by atoms with Gasteiger partial charge in [0.25, 0.3) is 0 Å². The van der Waals surface area contributed by atoms with Crippen molar-refractivity contribution in [2.75, 3.05) is 18.1 Å². The van der Waals surface area contributed by atoms with Crippen LogP contribution in [-0.2, 0) is 4.79 Å². The van der Waals surface area contributed by atoms with E-state index >= 15 is 0 Å². The molecule has 0 saturated heterocycles. The van der Waals surface area contributed by atoms with Crippen LogP contribution in [0.1, 0.15) is 6.92 Å². The molecule has 0 unspecified atom stereocenters. The average molecular weight is 193 g/mol. The number of carbonyl (C=O) groups is 1. The van der Waals surface area contributed by atoms with E-state index in [1.807, 2.05) is 0 Å². The first-order valence-corrected chi connectivity index (χ1v) is 4.42. The molecule has 1 amide bonds. The lowest BCUT2D eigenvalue weighted by atomic mass is 10.2. The molecule has 1 aromatic rings. The minimum Gasteiger partial charge on any atom is -0.508 e. The number of phenolic OH excluding ortho intramolecular Hbond substituents is 1. The standard InChI is InChI=1S/C10H11NO3/c1-7(12)11-4-5-14-10-6-8(13)2-3-9(10)11/h2-3,6,13H,4-5H2,1H3. The van der Waals surface area contributed by atoms with Crippen molar-refractivity contribution >= 4 is 11.6 Å². The van der Waals surface area contributed by atoms with Crippen LogP contribution in [0.2, 0.25) is 0 Å². The Morgan fingerprint density at radius 3 is 3.07 bits per heavy atom. The Morgan fingerprint density at radius 1 is 1.57 bits per heavy atom. The number of ether oxygens (including phenoxy) is 1. The number of amides is 1. The van der Waals surface area contributed by atoms with Crippen molar-refractivity contribution in [3.63, 3.8) is 0 Å². The summed E-state index contributed by atoms with van der Waals surface area (Å²) in [7, 11) is 0. The van der Waals surface area contributed by atoms with Crippen LogP contribution in [0, 0.1) is 0 Å². The molecule has 0 aliphatic carbocycles. The largest absolute Gasteiger partial charge is 0.508 e. The Hall–Kier alpha value is -1.71. The molecule has 1 aliphatic heterocycles. The van der Waals surface area contributed by atoms with E-state index in [1.165, 1.54) is 13.0 Å². The fourth-order valence-corrected chi connectivity index (χ4v) is 1.54. The van der Waals surface area contributed by atoms with Gasteiger partial charge in [0, 0.05) is 13.0 Å². The fourth-order valence-electron chi connectivity index (χ4n) is 1.54. The smallest absolute Gasteiger partial charge is 0.224 e. The number of anilines is 1. The highest BCUT2D eigenvalue weighted by Crippen LogP contribution is 2.34. The third kappa shape index (κ3) is 1.39. The number of aromatic hydroxyl groups is 1. The van der Waals surface area contributed by atoms with Crippen molar-refractivity contribution in [2.24, 2.45) is 0 Å². The second-order valence-corrected chi connectivity index (χ2v) is 3.17. The van der Waals surface area contributed by atoms with E-state index in [4.69, 9.17) is 4.74 Å². The van der Waals surface area contributed by atoms with Crippen molar-refractivity contribution < 1.29 is 14.6 Å². The number of phenols is 1. The van der Waals surface area contributed by atoms with Gasteiger partial charge in [0.15, 0.2) is 0 Å². The van der Waals surface area contributed by atoms with Gasteiger partial charge in [-0.05, 0) is 12.1 Å². The van der Waals surface area contributed by atoms with E-state index in [0.717, 1.165) is 5.69 Å². The molecule has 74 valence electrons. The highest BCUT2D eigenvalue weighted by atomic mass is 16.5. The van der Waals surface area contributed by atoms with Crippen LogP contribution in [0.25, 0.3) is 0 Å².